The Bertz CT molecular complexity index is 1010. The number of nitrogen functional groups attached to an aromatic ring is 1. The van der Waals surface area contributed by atoms with Crippen LogP contribution >= 0.6 is 0 Å². The fraction of sp³-hybridized carbons (Fsp3) is 0.0500. The maximum absolute atomic E-state index is 6.42. The zero-order valence-corrected chi connectivity index (χ0v) is 13.0. The van der Waals surface area contributed by atoms with Crippen molar-refractivity contribution in [3.8, 4) is 11.8 Å². The molecule has 0 spiro atoms. The van der Waals surface area contributed by atoms with Crippen molar-refractivity contribution in [1.82, 2.24) is 4.98 Å². The fourth-order valence-corrected chi connectivity index (χ4v) is 2.72. The monoisotopic (exact) mass is 312 g/mol. The zero-order chi connectivity index (χ0) is 16.6. The van der Waals surface area contributed by atoms with Gasteiger partial charge in [-0.15, -0.1) is 0 Å². The second-order valence-electron chi connectivity index (χ2n) is 5.80. The molecule has 0 aliphatic carbocycles. The van der Waals surface area contributed by atoms with Crippen molar-refractivity contribution in [1.29, 1.82) is 0 Å². The average Bonchev–Trinajstić information content (AvgIpc) is 2.61. The lowest BCUT2D eigenvalue weighted by Gasteiger charge is -2.28. The number of aromatic nitrogens is 1. The summed E-state index contributed by atoms with van der Waals surface area (Å²) < 4.78 is 0. The number of hydrogen-bond donors (Lipinski definition) is 3. The van der Waals surface area contributed by atoms with Crippen LogP contribution in [0.3, 0.4) is 0 Å². The van der Waals surface area contributed by atoms with E-state index in [9.17, 15) is 0 Å². The molecule has 0 fully saturated rings. The van der Waals surface area contributed by atoms with Crippen molar-refractivity contribution < 1.29 is 0 Å². The number of anilines is 2. The summed E-state index contributed by atoms with van der Waals surface area (Å²) >= 11 is 0. The predicted molar refractivity (Wildman–Crippen MR) is 99.1 cm³/mol. The van der Waals surface area contributed by atoms with Crippen molar-refractivity contribution in [3.05, 3.63) is 71.9 Å². The first-order valence-corrected chi connectivity index (χ1v) is 7.66. The Morgan fingerprint density at radius 2 is 1.88 bits per heavy atom. The molecule has 0 saturated carbocycles. The maximum Gasteiger partial charge on any atom is 0.170 e. The normalized spacial score (nSPS) is 18.4. The third-order valence-corrected chi connectivity index (χ3v) is 3.99. The largest absolute Gasteiger partial charge is 0.399 e. The number of rotatable bonds is 0. The lowest BCUT2D eigenvalue weighted by molar-refractivity contribution is 0.781. The topological polar surface area (TPSA) is 77.0 Å². The smallest absolute Gasteiger partial charge is 0.170 e. The molecule has 5 N–H and O–H groups in total. The number of pyridine rings is 1. The number of nitrogens with one attached hydrogen (secondary N) is 1. The fourth-order valence-electron chi connectivity index (χ4n) is 2.72. The summed E-state index contributed by atoms with van der Waals surface area (Å²) in [6.45, 7) is 0. The second-order valence-corrected chi connectivity index (χ2v) is 5.80. The van der Waals surface area contributed by atoms with E-state index in [0.717, 1.165) is 27.7 Å². The van der Waals surface area contributed by atoms with Gasteiger partial charge < -0.3 is 11.1 Å². The quantitative estimate of drug-likeness (QED) is 0.440. The highest BCUT2D eigenvalue weighted by Gasteiger charge is 2.24. The van der Waals surface area contributed by atoms with E-state index in [1.807, 2.05) is 48.6 Å². The van der Waals surface area contributed by atoms with Crippen LogP contribution < -0.4 is 16.8 Å². The van der Waals surface area contributed by atoms with E-state index < -0.39 is 5.66 Å². The zero-order valence-electron chi connectivity index (χ0n) is 13.0. The minimum atomic E-state index is -0.944. The summed E-state index contributed by atoms with van der Waals surface area (Å²) in [7, 11) is 0. The molecule has 1 aromatic heterocycles. The highest BCUT2D eigenvalue weighted by Crippen LogP contribution is 2.32. The first-order valence-electron chi connectivity index (χ1n) is 7.66. The second kappa shape index (κ2) is 5.41. The Morgan fingerprint density at radius 1 is 1.04 bits per heavy atom. The van der Waals surface area contributed by atoms with Gasteiger partial charge in [0.2, 0.25) is 0 Å². The van der Waals surface area contributed by atoms with Crippen LogP contribution in [-0.2, 0) is 0 Å². The molecule has 4 heteroatoms. The molecule has 0 bridgehead atoms. The SMILES string of the molecule is Nc1ccc(C#CC2(N)C=Cc3ccc4cccnc4c3N2)cc1. The number of nitrogens with zero attached hydrogens (tertiary/aromatic N) is 1. The third kappa shape index (κ3) is 2.58. The molecule has 0 radical (unpaired) electrons. The van der Waals surface area contributed by atoms with Gasteiger partial charge >= 0.3 is 0 Å². The first-order chi connectivity index (χ1) is 11.6. The molecule has 24 heavy (non-hydrogen) atoms. The van der Waals surface area contributed by atoms with Crippen molar-refractivity contribution in [3.63, 3.8) is 0 Å². The van der Waals surface area contributed by atoms with Crippen LogP contribution in [0.1, 0.15) is 11.1 Å². The summed E-state index contributed by atoms with van der Waals surface area (Å²) in [6, 6.07) is 15.5. The maximum atomic E-state index is 6.42. The molecule has 2 aromatic carbocycles. The lowest BCUT2D eigenvalue weighted by atomic mass is 9.99. The van der Waals surface area contributed by atoms with Crippen LogP contribution in [-0.4, -0.2) is 10.6 Å². The first kappa shape index (κ1) is 14.3. The standard InChI is InChI=1S/C20H16N4/c21-17-7-3-14(4-8-17)9-11-20(22)12-10-16-6-5-15-2-1-13-23-18(15)19(16)24-20/h1-8,10,12-13,24H,21-22H2. The van der Waals surface area contributed by atoms with E-state index >= 15 is 0 Å². The molecule has 0 saturated heterocycles. The highest BCUT2D eigenvalue weighted by molar-refractivity contribution is 5.96. The Hall–Kier alpha value is -3.29. The van der Waals surface area contributed by atoms with Gasteiger partial charge in [-0.1, -0.05) is 30.2 Å². The van der Waals surface area contributed by atoms with Crippen LogP contribution in [0.25, 0.3) is 17.0 Å². The van der Waals surface area contributed by atoms with Gasteiger partial charge in [0.25, 0.3) is 0 Å². The van der Waals surface area contributed by atoms with Gasteiger partial charge in [-0.25, -0.2) is 0 Å². The predicted octanol–water partition coefficient (Wildman–Crippen LogP) is 2.96. The van der Waals surface area contributed by atoms with Gasteiger partial charge in [0.05, 0.1) is 11.2 Å². The molecule has 1 unspecified atom stereocenters. The van der Waals surface area contributed by atoms with Gasteiger partial charge in [0.1, 0.15) is 0 Å². The van der Waals surface area contributed by atoms with Crippen LogP contribution in [0.5, 0.6) is 0 Å². The molecule has 4 nitrogen and oxygen atoms in total. The Balaban J connectivity index is 1.73. The van der Waals surface area contributed by atoms with E-state index in [1.54, 1.807) is 6.20 Å². The summed E-state index contributed by atoms with van der Waals surface area (Å²) in [5, 5.41) is 4.39. The minimum absolute atomic E-state index is 0.713. The average molecular weight is 312 g/mol. The molecule has 1 aliphatic rings. The molecule has 4 rings (SSSR count). The molecule has 3 aromatic rings. The lowest BCUT2D eigenvalue weighted by Crippen LogP contribution is -2.45. The number of fused-ring (bicyclic) bond motifs is 3. The van der Waals surface area contributed by atoms with Gasteiger partial charge in [0, 0.05) is 22.8 Å². The van der Waals surface area contributed by atoms with E-state index in [2.05, 4.69) is 34.3 Å². The Morgan fingerprint density at radius 3 is 2.71 bits per heavy atom. The van der Waals surface area contributed by atoms with Crippen molar-refractivity contribution in [2.45, 2.75) is 5.66 Å². The summed E-state index contributed by atoms with van der Waals surface area (Å²) in [5.74, 6) is 6.20. The van der Waals surface area contributed by atoms with E-state index in [1.165, 1.54) is 0 Å². The molecule has 0 amide bonds. The molecule has 116 valence electrons. The summed E-state index contributed by atoms with van der Waals surface area (Å²) in [6.07, 6.45) is 5.63. The van der Waals surface area contributed by atoms with Crippen molar-refractivity contribution in [2.75, 3.05) is 11.1 Å². The van der Waals surface area contributed by atoms with Crippen LogP contribution in [0.4, 0.5) is 11.4 Å². The van der Waals surface area contributed by atoms with Crippen molar-refractivity contribution in [2.24, 2.45) is 5.73 Å². The van der Waals surface area contributed by atoms with Gasteiger partial charge in [-0.3, -0.25) is 10.7 Å². The third-order valence-electron chi connectivity index (χ3n) is 3.99. The Kier molecular flexibility index (Phi) is 3.23. The van der Waals surface area contributed by atoms with E-state index in [-0.39, 0.29) is 0 Å². The number of benzene rings is 2. The molecule has 1 atom stereocenters. The van der Waals surface area contributed by atoms with Gasteiger partial charge in [-0.05, 0) is 47.9 Å². The molecular weight excluding hydrogens is 296 g/mol. The van der Waals surface area contributed by atoms with Crippen molar-refractivity contribution >= 4 is 28.4 Å². The molecule has 1 aliphatic heterocycles. The van der Waals surface area contributed by atoms with Crippen LogP contribution in [0.15, 0.2) is 60.8 Å². The minimum Gasteiger partial charge on any atom is -0.399 e. The molecular formula is C20H16N4. The number of hydrogen-bond acceptors (Lipinski definition) is 4. The number of nitrogens with two attached hydrogens (primary N) is 2. The highest BCUT2D eigenvalue weighted by atomic mass is 15.1. The summed E-state index contributed by atoms with van der Waals surface area (Å²) in [5.41, 5.74) is 15.6. The van der Waals surface area contributed by atoms with Gasteiger partial charge in [0.15, 0.2) is 5.66 Å². The van der Waals surface area contributed by atoms with Crippen LogP contribution in [0, 0.1) is 11.8 Å². The summed E-state index contributed by atoms with van der Waals surface area (Å²) in [4.78, 5) is 4.47. The Labute approximate surface area is 140 Å². The van der Waals surface area contributed by atoms with Gasteiger partial charge in [-0.2, -0.15) is 0 Å². The molecule has 2 heterocycles. The van der Waals surface area contributed by atoms with E-state index in [0.29, 0.717) is 5.69 Å². The van der Waals surface area contributed by atoms with E-state index in [4.69, 9.17) is 11.5 Å². The van der Waals surface area contributed by atoms with Crippen LogP contribution in [0.2, 0.25) is 0 Å².